The van der Waals surface area contributed by atoms with Crippen LogP contribution in [0.5, 0.6) is 5.75 Å². The van der Waals surface area contributed by atoms with Gasteiger partial charge in [-0.25, -0.2) is 0 Å². The average molecular weight is 254 g/mol. The molecular formula is C14H14N4O. The van der Waals surface area contributed by atoms with Crippen molar-refractivity contribution in [1.82, 2.24) is 14.6 Å². The van der Waals surface area contributed by atoms with Gasteiger partial charge in [-0.2, -0.15) is 0 Å². The van der Waals surface area contributed by atoms with Crippen LogP contribution in [0.1, 0.15) is 5.56 Å². The second-order valence-corrected chi connectivity index (χ2v) is 4.39. The maximum absolute atomic E-state index is 5.94. The molecule has 0 radical (unpaired) electrons. The lowest BCUT2D eigenvalue weighted by atomic mass is 10.2. The van der Waals surface area contributed by atoms with E-state index in [9.17, 15) is 0 Å². The van der Waals surface area contributed by atoms with Gasteiger partial charge in [-0.15, -0.1) is 10.2 Å². The summed E-state index contributed by atoms with van der Waals surface area (Å²) in [6.45, 7) is 1.96. The third-order valence-electron chi connectivity index (χ3n) is 3.14. The number of pyridine rings is 1. The van der Waals surface area contributed by atoms with Crippen molar-refractivity contribution in [2.24, 2.45) is 0 Å². The summed E-state index contributed by atoms with van der Waals surface area (Å²) in [5, 5.41) is 8.39. The van der Waals surface area contributed by atoms with Gasteiger partial charge in [0.2, 0.25) is 0 Å². The molecular weight excluding hydrogens is 240 g/mol. The predicted molar refractivity (Wildman–Crippen MR) is 74.1 cm³/mol. The fraction of sp³-hybridized carbons (Fsp3) is 0.143. The predicted octanol–water partition coefficient (Wildman–Crippen LogP) is 2.30. The molecule has 0 spiro atoms. The largest absolute Gasteiger partial charge is 0.497 e. The number of aryl methyl sites for hydroxylation is 1. The molecule has 0 bridgehead atoms. The highest BCUT2D eigenvalue weighted by atomic mass is 16.5. The molecule has 0 atom stereocenters. The molecule has 0 aliphatic rings. The molecule has 2 aromatic heterocycles. The zero-order valence-electron chi connectivity index (χ0n) is 10.8. The molecule has 19 heavy (non-hydrogen) atoms. The lowest BCUT2D eigenvalue weighted by molar-refractivity contribution is 0.415. The van der Waals surface area contributed by atoms with Crippen LogP contribution in [-0.4, -0.2) is 21.7 Å². The lowest BCUT2D eigenvalue weighted by Gasteiger charge is -2.04. The van der Waals surface area contributed by atoms with E-state index >= 15 is 0 Å². The summed E-state index contributed by atoms with van der Waals surface area (Å²) in [6.07, 6.45) is 1.85. The summed E-state index contributed by atoms with van der Waals surface area (Å²) in [6, 6.07) is 9.62. The Morgan fingerprint density at radius 2 is 1.89 bits per heavy atom. The van der Waals surface area contributed by atoms with Crippen LogP contribution >= 0.6 is 0 Å². The highest BCUT2D eigenvalue weighted by Crippen LogP contribution is 2.23. The maximum atomic E-state index is 5.94. The molecule has 0 saturated carbocycles. The van der Waals surface area contributed by atoms with Gasteiger partial charge in [0, 0.05) is 11.8 Å². The van der Waals surface area contributed by atoms with Gasteiger partial charge in [-0.1, -0.05) is 0 Å². The number of hydrogen-bond donors (Lipinski definition) is 1. The standard InChI is InChI=1S/C14H14N4O/c1-9-7-13-16-17-14(18(13)8-12(9)15)10-3-5-11(19-2)6-4-10/h3-8H,15H2,1-2H3. The van der Waals surface area contributed by atoms with Crippen molar-refractivity contribution in [3.63, 3.8) is 0 Å². The van der Waals surface area contributed by atoms with E-state index in [0.717, 1.165) is 34.0 Å². The topological polar surface area (TPSA) is 65.4 Å². The number of nitrogens with zero attached hydrogens (tertiary/aromatic N) is 3. The minimum atomic E-state index is 0.724. The van der Waals surface area contributed by atoms with Gasteiger partial charge in [0.05, 0.1) is 12.8 Å². The van der Waals surface area contributed by atoms with Crippen LogP contribution in [0.25, 0.3) is 17.0 Å². The van der Waals surface area contributed by atoms with Crippen LogP contribution in [0.15, 0.2) is 36.5 Å². The lowest BCUT2D eigenvalue weighted by Crippen LogP contribution is -1.96. The quantitative estimate of drug-likeness (QED) is 0.762. The molecule has 0 unspecified atom stereocenters. The third-order valence-corrected chi connectivity index (χ3v) is 3.14. The smallest absolute Gasteiger partial charge is 0.168 e. The SMILES string of the molecule is COc1ccc(-c2nnc3cc(C)c(N)cn23)cc1. The van der Waals surface area contributed by atoms with Gasteiger partial charge in [-0.3, -0.25) is 4.40 Å². The Kier molecular flexibility index (Phi) is 2.59. The van der Waals surface area contributed by atoms with Crippen molar-refractivity contribution >= 4 is 11.3 Å². The monoisotopic (exact) mass is 254 g/mol. The van der Waals surface area contributed by atoms with Gasteiger partial charge < -0.3 is 10.5 Å². The van der Waals surface area contributed by atoms with Crippen molar-refractivity contribution in [2.75, 3.05) is 12.8 Å². The van der Waals surface area contributed by atoms with Crippen LogP contribution in [-0.2, 0) is 0 Å². The number of anilines is 1. The highest BCUT2D eigenvalue weighted by molar-refractivity contribution is 5.63. The maximum Gasteiger partial charge on any atom is 0.168 e. The van der Waals surface area contributed by atoms with Gasteiger partial charge in [-0.05, 0) is 42.8 Å². The van der Waals surface area contributed by atoms with Crippen molar-refractivity contribution in [3.8, 4) is 17.1 Å². The summed E-state index contributed by atoms with van der Waals surface area (Å²) < 4.78 is 7.04. The van der Waals surface area contributed by atoms with Crippen molar-refractivity contribution < 1.29 is 4.74 Å². The van der Waals surface area contributed by atoms with Crippen molar-refractivity contribution in [1.29, 1.82) is 0 Å². The first-order chi connectivity index (χ1) is 9.19. The Balaban J connectivity index is 2.16. The molecule has 0 amide bonds. The first-order valence-electron chi connectivity index (χ1n) is 5.94. The zero-order chi connectivity index (χ0) is 13.4. The van der Waals surface area contributed by atoms with E-state index in [1.165, 1.54) is 0 Å². The average Bonchev–Trinajstić information content (AvgIpc) is 2.82. The third kappa shape index (κ3) is 1.89. The van der Waals surface area contributed by atoms with Gasteiger partial charge >= 0.3 is 0 Å². The minimum Gasteiger partial charge on any atom is -0.497 e. The molecule has 5 heteroatoms. The fourth-order valence-corrected chi connectivity index (χ4v) is 1.98. The Bertz CT molecular complexity index is 731. The molecule has 3 aromatic rings. The van der Waals surface area contributed by atoms with E-state index in [2.05, 4.69) is 10.2 Å². The van der Waals surface area contributed by atoms with Crippen molar-refractivity contribution in [2.45, 2.75) is 6.92 Å². The van der Waals surface area contributed by atoms with Crippen LogP contribution in [0.3, 0.4) is 0 Å². The van der Waals surface area contributed by atoms with Crippen LogP contribution in [0.2, 0.25) is 0 Å². The summed E-state index contributed by atoms with van der Waals surface area (Å²) in [7, 11) is 1.64. The van der Waals surface area contributed by atoms with Crippen LogP contribution in [0, 0.1) is 6.92 Å². The molecule has 0 aliphatic carbocycles. The first-order valence-corrected chi connectivity index (χ1v) is 5.94. The Morgan fingerprint density at radius 3 is 2.58 bits per heavy atom. The van der Waals surface area contributed by atoms with E-state index in [1.807, 2.05) is 47.9 Å². The molecule has 96 valence electrons. The van der Waals surface area contributed by atoms with Gasteiger partial charge in [0.15, 0.2) is 11.5 Å². The molecule has 2 N–H and O–H groups in total. The van der Waals surface area contributed by atoms with E-state index in [0.29, 0.717) is 0 Å². The number of benzene rings is 1. The molecule has 2 heterocycles. The fourth-order valence-electron chi connectivity index (χ4n) is 1.98. The second-order valence-electron chi connectivity index (χ2n) is 4.39. The number of ether oxygens (including phenoxy) is 1. The van der Waals surface area contributed by atoms with Gasteiger partial charge in [0.25, 0.3) is 0 Å². The zero-order valence-corrected chi connectivity index (χ0v) is 10.8. The van der Waals surface area contributed by atoms with E-state index in [-0.39, 0.29) is 0 Å². The number of aromatic nitrogens is 3. The molecule has 0 saturated heterocycles. The molecule has 3 rings (SSSR count). The number of nitrogen functional groups attached to an aromatic ring is 1. The highest BCUT2D eigenvalue weighted by Gasteiger charge is 2.09. The molecule has 5 nitrogen and oxygen atoms in total. The summed E-state index contributed by atoms with van der Waals surface area (Å²) in [4.78, 5) is 0. The van der Waals surface area contributed by atoms with Gasteiger partial charge in [0.1, 0.15) is 5.75 Å². The summed E-state index contributed by atoms with van der Waals surface area (Å²) >= 11 is 0. The molecule has 1 aromatic carbocycles. The Morgan fingerprint density at radius 1 is 1.16 bits per heavy atom. The normalized spacial score (nSPS) is 10.8. The minimum absolute atomic E-state index is 0.724. The Hall–Kier alpha value is -2.56. The molecule has 0 fully saturated rings. The summed E-state index contributed by atoms with van der Waals surface area (Å²) in [5.74, 6) is 1.58. The number of rotatable bonds is 2. The number of nitrogens with two attached hydrogens (primary N) is 1. The number of methoxy groups -OCH3 is 1. The number of hydrogen-bond acceptors (Lipinski definition) is 4. The van der Waals surface area contributed by atoms with Crippen LogP contribution in [0.4, 0.5) is 5.69 Å². The number of fused-ring (bicyclic) bond motifs is 1. The van der Waals surface area contributed by atoms with E-state index in [4.69, 9.17) is 10.5 Å². The van der Waals surface area contributed by atoms with E-state index < -0.39 is 0 Å². The summed E-state index contributed by atoms with van der Waals surface area (Å²) in [5.41, 5.74) is 9.42. The first kappa shape index (κ1) is 11.5. The van der Waals surface area contributed by atoms with E-state index in [1.54, 1.807) is 7.11 Å². The van der Waals surface area contributed by atoms with Crippen molar-refractivity contribution in [3.05, 3.63) is 42.1 Å². The second kappa shape index (κ2) is 4.28. The molecule has 0 aliphatic heterocycles. The Labute approximate surface area is 110 Å². The van der Waals surface area contributed by atoms with Crippen LogP contribution < -0.4 is 10.5 Å².